The highest BCUT2D eigenvalue weighted by Gasteiger charge is 2.17. The standard InChI is InChI=1S/C20H13ClFN3O2S.C10H9N/c21-20-19(25-28(26,27)17-7-5-16(22)6-8-17)11-15(12-24-20)14-4-3-13-2-1-9-23-18(13)10-14;1-8-4-5-9-3-2-6-11-10(9)7-8/h1-12,25H;2-7H,1H3. The van der Waals surface area contributed by atoms with Crippen LogP contribution in [0.4, 0.5) is 10.1 Å². The quantitative estimate of drug-likeness (QED) is 0.228. The molecule has 39 heavy (non-hydrogen) atoms. The van der Waals surface area contributed by atoms with Gasteiger partial charge in [-0.3, -0.25) is 14.7 Å². The van der Waals surface area contributed by atoms with Gasteiger partial charge in [0.2, 0.25) is 0 Å². The smallest absolute Gasteiger partial charge is 0.261 e. The molecule has 3 aromatic heterocycles. The van der Waals surface area contributed by atoms with Gasteiger partial charge in [-0.15, -0.1) is 0 Å². The molecule has 6 rings (SSSR count). The van der Waals surface area contributed by atoms with Crippen LogP contribution in [0.15, 0.2) is 114 Å². The predicted molar refractivity (Wildman–Crippen MR) is 154 cm³/mol. The Morgan fingerprint density at radius 2 is 1.38 bits per heavy atom. The molecule has 0 aliphatic heterocycles. The Kier molecular flexibility index (Phi) is 7.49. The molecule has 1 N–H and O–H groups in total. The van der Waals surface area contributed by atoms with E-state index >= 15 is 0 Å². The predicted octanol–water partition coefficient (Wildman–Crippen LogP) is 7.43. The number of nitrogens with zero attached hydrogens (tertiary/aromatic N) is 3. The van der Waals surface area contributed by atoms with Crippen molar-refractivity contribution in [2.24, 2.45) is 0 Å². The number of nitrogens with one attached hydrogen (secondary N) is 1. The average molecular weight is 557 g/mol. The lowest BCUT2D eigenvalue weighted by Gasteiger charge is -2.11. The van der Waals surface area contributed by atoms with Gasteiger partial charge in [0, 0.05) is 34.9 Å². The number of fused-ring (bicyclic) bond motifs is 2. The van der Waals surface area contributed by atoms with Gasteiger partial charge in [-0.05, 0) is 72.6 Å². The number of anilines is 1. The molecule has 3 aromatic carbocycles. The van der Waals surface area contributed by atoms with Gasteiger partial charge in [-0.2, -0.15) is 0 Å². The largest absolute Gasteiger partial charge is 0.276 e. The molecule has 0 spiro atoms. The fraction of sp³-hybridized carbons (Fsp3) is 0.0333. The Morgan fingerprint density at radius 3 is 2.08 bits per heavy atom. The van der Waals surface area contributed by atoms with Crippen LogP contribution in [-0.2, 0) is 10.0 Å². The Bertz CT molecular complexity index is 1900. The molecule has 0 atom stereocenters. The first-order valence-electron chi connectivity index (χ1n) is 11.9. The van der Waals surface area contributed by atoms with Gasteiger partial charge in [0.15, 0.2) is 5.15 Å². The summed E-state index contributed by atoms with van der Waals surface area (Å²) >= 11 is 6.09. The van der Waals surface area contributed by atoms with Gasteiger partial charge in [-0.25, -0.2) is 17.8 Å². The number of rotatable bonds is 4. The minimum absolute atomic E-state index is 0.00773. The molecular weight excluding hydrogens is 535 g/mol. The first-order chi connectivity index (χ1) is 18.8. The lowest BCUT2D eigenvalue weighted by Crippen LogP contribution is -2.13. The van der Waals surface area contributed by atoms with Crippen molar-refractivity contribution >= 4 is 49.1 Å². The number of sulfonamides is 1. The summed E-state index contributed by atoms with van der Waals surface area (Å²) in [5.74, 6) is -0.523. The van der Waals surface area contributed by atoms with Crippen molar-refractivity contribution in [3.63, 3.8) is 0 Å². The van der Waals surface area contributed by atoms with Gasteiger partial charge in [0.05, 0.1) is 21.6 Å². The maximum atomic E-state index is 13.1. The first kappa shape index (κ1) is 26.2. The molecule has 0 radical (unpaired) electrons. The molecule has 0 amide bonds. The van der Waals surface area contributed by atoms with Crippen LogP contribution in [0.1, 0.15) is 5.56 Å². The number of halogens is 2. The number of aryl methyl sites for hydroxylation is 1. The zero-order valence-electron chi connectivity index (χ0n) is 20.7. The van der Waals surface area contributed by atoms with Crippen molar-refractivity contribution in [1.82, 2.24) is 15.0 Å². The van der Waals surface area contributed by atoms with Crippen LogP contribution >= 0.6 is 11.6 Å². The summed E-state index contributed by atoms with van der Waals surface area (Å²) in [5.41, 5.74) is 4.77. The highest BCUT2D eigenvalue weighted by Crippen LogP contribution is 2.30. The van der Waals surface area contributed by atoms with Crippen LogP contribution in [-0.4, -0.2) is 23.4 Å². The van der Waals surface area contributed by atoms with E-state index in [0.717, 1.165) is 34.1 Å². The molecule has 0 aliphatic carbocycles. The molecule has 194 valence electrons. The molecule has 0 fully saturated rings. The second-order valence-corrected chi connectivity index (χ2v) is 10.8. The topological polar surface area (TPSA) is 84.8 Å². The summed E-state index contributed by atoms with van der Waals surface area (Å²) in [6.45, 7) is 2.08. The normalized spacial score (nSPS) is 11.2. The Hall–Kier alpha value is -4.40. The molecule has 9 heteroatoms. The minimum Gasteiger partial charge on any atom is -0.276 e. The number of hydrogen-bond donors (Lipinski definition) is 1. The maximum absolute atomic E-state index is 13.1. The van der Waals surface area contributed by atoms with E-state index in [1.807, 2.05) is 42.6 Å². The van der Waals surface area contributed by atoms with Gasteiger partial charge in [-0.1, -0.05) is 48.0 Å². The van der Waals surface area contributed by atoms with Gasteiger partial charge < -0.3 is 0 Å². The summed E-state index contributed by atoms with van der Waals surface area (Å²) < 4.78 is 40.6. The van der Waals surface area contributed by atoms with Crippen molar-refractivity contribution in [3.8, 4) is 11.1 Å². The fourth-order valence-corrected chi connectivity index (χ4v) is 5.18. The molecule has 0 unspecified atom stereocenters. The highest BCUT2D eigenvalue weighted by atomic mass is 35.5. The molecule has 0 saturated carbocycles. The Labute approximate surface area is 230 Å². The van der Waals surface area contributed by atoms with Gasteiger partial charge in [0.25, 0.3) is 10.0 Å². The molecular formula is C30H22ClFN4O2S. The third kappa shape index (κ3) is 6.19. The number of pyridine rings is 3. The van der Waals surface area contributed by atoms with Crippen LogP contribution in [0.3, 0.4) is 0 Å². The van der Waals surface area contributed by atoms with Gasteiger partial charge in [0.1, 0.15) is 5.82 Å². The van der Waals surface area contributed by atoms with Crippen LogP contribution in [0, 0.1) is 12.7 Å². The van der Waals surface area contributed by atoms with Gasteiger partial charge >= 0.3 is 0 Å². The van der Waals surface area contributed by atoms with E-state index < -0.39 is 15.8 Å². The minimum atomic E-state index is -3.94. The second-order valence-electron chi connectivity index (χ2n) is 8.73. The SMILES string of the molecule is Cc1ccc2cccnc2c1.O=S(=O)(Nc1cc(-c2ccc3cccnc3c2)cnc1Cl)c1ccc(F)cc1. The highest BCUT2D eigenvalue weighted by molar-refractivity contribution is 7.92. The van der Waals surface area contributed by atoms with Crippen LogP contribution < -0.4 is 4.72 Å². The number of aromatic nitrogens is 3. The van der Waals surface area contributed by atoms with E-state index in [4.69, 9.17) is 11.6 Å². The summed E-state index contributed by atoms with van der Waals surface area (Å²) in [7, 11) is -3.94. The summed E-state index contributed by atoms with van der Waals surface area (Å²) in [4.78, 5) is 12.6. The molecule has 6 aromatic rings. The Balaban J connectivity index is 0.000000233. The lowest BCUT2D eigenvalue weighted by atomic mass is 10.1. The van der Waals surface area contributed by atoms with E-state index in [0.29, 0.717) is 5.56 Å². The Morgan fingerprint density at radius 1 is 0.744 bits per heavy atom. The van der Waals surface area contributed by atoms with E-state index in [9.17, 15) is 12.8 Å². The van der Waals surface area contributed by atoms with E-state index in [-0.39, 0.29) is 15.7 Å². The number of benzene rings is 3. The van der Waals surface area contributed by atoms with E-state index in [2.05, 4.69) is 50.9 Å². The zero-order valence-corrected chi connectivity index (χ0v) is 22.3. The molecule has 6 nitrogen and oxygen atoms in total. The average Bonchev–Trinajstić information content (AvgIpc) is 2.94. The third-order valence-corrected chi connectivity index (χ3v) is 7.59. The molecule has 3 heterocycles. The first-order valence-corrected chi connectivity index (χ1v) is 13.8. The zero-order chi connectivity index (χ0) is 27.4. The van der Waals surface area contributed by atoms with E-state index in [1.54, 1.807) is 18.5 Å². The number of hydrogen-bond acceptors (Lipinski definition) is 5. The van der Waals surface area contributed by atoms with Crippen LogP contribution in [0.2, 0.25) is 5.15 Å². The van der Waals surface area contributed by atoms with Crippen molar-refractivity contribution in [2.75, 3.05) is 4.72 Å². The van der Waals surface area contributed by atoms with Crippen molar-refractivity contribution in [3.05, 3.63) is 126 Å². The van der Waals surface area contributed by atoms with Crippen molar-refractivity contribution in [2.45, 2.75) is 11.8 Å². The molecule has 0 aliphatic rings. The fourth-order valence-electron chi connectivity index (χ4n) is 3.92. The molecule has 0 saturated heterocycles. The third-order valence-electron chi connectivity index (χ3n) is 5.91. The summed E-state index contributed by atoms with van der Waals surface area (Å²) in [6, 6.07) is 25.9. The van der Waals surface area contributed by atoms with Crippen molar-refractivity contribution in [1.29, 1.82) is 0 Å². The monoisotopic (exact) mass is 556 g/mol. The molecule has 0 bridgehead atoms. The lowest BCUT2D eigenvalue weighted by molar-refractivity contribution is 0.599. The maximum Gasteiger partial charge on any atom is 0.261 e. The van der Waals surface area contributed by atoms with Crippen LogP contribution in [0.25, 0.3) is 32.9 Å². The summed E-state index contributed by atoms with van der Waals surface area (Å²) in [6.07, 6.45) is 5.08. The second kappa shape index (κ2) is 11.1. The van der Waals surface area contributed by atoms with Crippen LogP contribution in [0.5, 0.6) is 0 Å². The summed E-state index contributed by atoms with van der Waals surface area (Å²) in [5, 5.41) is 2.21. The van der Waals surface area contributed by atoms with Crippen molar-refractivity contribution < 1.29 is 12.8 Å². The van der Waals surface area contributed by atoms with E-state index in [1.165, 1.54) is 23.1 Å².